The molecule has 3 rings (SSSR count). The van der Waals surface area contributed by atoms with Crippen LogP contribution in [0.1, 0.15) is 0 Å². The first-order valence-corrected chi connectivity index (χ1v) is 11.7. The van der Waals surface area contributed by atoms with Crippen molar-refractivity contribution in [3.05, 3.63) is 41.6 Å². The molecule has 2 N–H and O–H groups in total. The van der Waals surface area contributed by atoms with Crippen molar-refractivity contribution < 1.29 is 45.4 Å². The number of aliphatic hydroxyl groups is 1. The summed E-state index contributed by atoms with van der Waals surface area (Å²) < 4.78 is 73.7. The summed E-state index contributed by atoms with van der Waals surface area (Å²) in [6.45, 7) is -0.515. The molecule has 1 heterocycles. The van der Waals surface area contributed by atoms with E-state index in [-0.39, 0.29) is 47.4 Å². The van der Waals surface area contributed by atoms with Crippen LogP contribution in [-0.2, 0) is 34.6 Å². The number of ether oxygens (including phenoxy) is 1. The lowest BCUT2D eigenvalue weighted by molar-refractivity contribution is -0.136. The standard InChI is InChI=1S/C18H18N2O10S2/c1-30-18(23)14-9-20(4-5-21)17(22)16(14)19-11-2-3-13-10(6-11)7-12(31(24,25)26)8-15(13)32(27,28)29/h2-3,6-8,19,21H,4-5,9H2,1H3,(H,24,25,26)(H,27,28,29)/p-2. The SMILES string of the molecule is COC(=O)C1=C(Nc2ccc3c(S(=O)(=O)[O-])cc(S(=O)(=O)[O-])cc3c2)C(=O)N(CCO)C1. The molecule has 0 spiro atoms. The van der Waals surface area contributed by atoms with Crippen molar-refractivity contribution in [3.8, 4) is 0 Å². The zero-order valence-electron chi connectivity index (χ0n) is 16.4. The quantitative estimate of drug-likeness (QED) is 0.373. The van der Waals surface area contributed by atoms with Gasteiger partial charge in [-0.15, -0.1) is 0 Å². The van der Waals surface area contributed by atoms with E-state index in [9.17, 15) is 35.5 Å². The number of carbonyl (C=O) groups is 2. The number of methoxy groups -OCH3 is 1. The molecule has 14 heteroatoms. The van der Waals surface area contributed by atoms with Crippen LogP contribution < -0.4 is 5.32 Å². The topological polar surface area (TPSA) is 193 Å². The molecule has 0 saturated carbocycles. The van der Waals surface area contributed by atoms with E-state index < -0.39 is 41.9 Å². The summed E-state index contributed by atoms with van der Waals surface area (Å²) in [4.78, 5) is 24.1. The number of benzene rings is 2. The Balaban J connectivity index is 2.14. The Bertz CT molecular complexity index is 1360. The highest BCUT2D eigenvalue weighted by Gasteiger charge is 2.34. The van der Waals surface area contributed by atoms with Gasteiger partial charge in [-0.25, -0.2) is 21.6 Å². The number of nitrogens with zero attached hydrogens (tertiary/aromatic N) is 1. The van der Waals surface area contributed by atoms with Gasteiger partial charge in [0.1, 0.15) is 25.9 Å². The fourth-order valence-corrected chi connectivity index (χ4v) is 4.57. The number of hydrogen-bond acceptors (Lipinski definition) is 11. The lowest BCUT2D eigenvalue weighted by atomic mass is 10.1. The molecule has 0 atom stereocenters. The highest BCUT2D eigenvalue weighted by molar-refractivity contribution is 7.86. The maximum absolute atomic E-state index is 12.6. The Morgan fingerprint density at radius 1 is 1.16 bits per heavy atom. The average Bonchev–Trinajstić information content (AvgIpc) is 3.01. The van der Waals surface area contributed by atoms with Crippen molar-refractivity contribution in [2.75, 3.05) is 32.1 Å². The lowest BCUT2D eigenvalue weighted by Crippen LogP contribution is -2.31. The summed E-state index contributed by atoms with van der Waals surface area (Å²) in [5, 5.41) is 11.6. The third kappa shape index (κ3) is 4.58. The Kier molecular flexibility index (Phi) is 6.26. The third-order valence-electron chi connectivity index (χ3n) is 4.67. The Morgan fingerprint density at radius 2 is 1.84 bits per heavy atom. The van der Waals surface area contributed by atoms with Gasteiger partial charge in [0.25, 0.3) is 5.91 Å². The van der Waals surface area contributed by atoms with Crippen LogP contribution in [0, 0.1) is 0 Å². The summed E-state index contributed by atoms with van der Waals surface area (Å²) in [6, 6.07) is 5.08. The van der Waals surface area contributed by atoms with Gasteiger partial charge in [-0.2, -0.15) is 0 Å². The molecule has 172 valence electrons. The van der Waals surface area contributed by atoms with Gasteiger partial charge < -0.3 is 29.2 Å². The fraction of sp³-hybridized carbons (Fsp3) is 0.222. The van der Waals surface area contributed by atoms with Gasteiger partial charge >= 0.3 is 5.97 Å². The van der Waals surface area contributed by atoms with E-state index in [4.69, 9.17) is 5.11 Å². The van der Waals surface area contributed by atoms with Crippen LogP contribution in [0.2, 0.25) is 0 Å². The first kappa shape index (κ1) is 23.6. The zero-order valence-corrected chi connectivity index (χ0v) is 18.0. The minimum atomic E-state index is -5.12. The zero-order chi connectivity index (χ0) is 23.8. The average molecular weight is 484 g/mol. The van der Waals surface area contributed by atoms with Crippen LogP contribution in [0.5, 0.6) is 0 Å². The van der Waals surface area contributed by atoms with Crippen LogP contribution in [0.15, 0.2) is 51.4 Å². The number of anilines is 1. The van der Waals surface area contributed by atoms with Gasteiger partial charge in [-0.3, -0.25) is 4.79 Å². The number of hydrogen-bond donors (Lipinski definition) is 2. The molecule has 12 nitrogen and oxygen atoms in total. The molecule has 1 aliphatic heterocycles. The number of β-amino-alcohol motifs (C(OH)–C–C–N with tert-alkyl or cyclic N) is 1. The van der Waals surface area contributed by atoms with E-state index in [0.717, 1.165) is 13.2 Å². The summed E-state index contributed by atoms with van der Waals surface area (Å²) in [6.07, 6.45) is 0. The van der Waals surface area contributed by atoms with E-state index in [1.54, 1.807) is 0 Å². The van der Waals surface area contributed by atoms with Gasteiger partial charge in [0, 0.05) is 12.2 Å². The number of rotatable bonds is 7. The predicted octanol–water partition coefficient (Wildman–Crippen LogP) is -0.679. The summed E-state index contributed by atoms with van der Waals surface area (Å²) >= 11 is 0. The number of esters is 1. The number of amides is 1. The van der Waals surface area contributed by atoms with Gasteiger partial charge in [0.2, 0.25) is 0 Å². The van der Waals surface area contributed by atoms with Gasteiger partial charge in [0.05, 0.1) is 35.6 Å². The van der Waals surface area contributed by atoms with Crippen molar-refractivity contribution >= 4 is 48.6 Å². The molecule has 0 aliphatic carbocycles. The van der Waals surface area contributed by atoms with E-state index in [0.29, 0.717) is 6.07 Å². The van der Waals surface area contributed by atoms with Gasteiger partial charge in [-0.05, 0) is 35.0 Å². The minimum absolute atomic E-state index is 0.0234. The molecule has 1 aliphatic rings. The van der Waals surface area contributed by atoms with E-state index in [1.165, 1.54) is 23.1 Å². The van der Waals surface area contributed by atoms with Crippen LogP contribution >= 0.6 is 0 Å². The molecular weight excluding hydrogens is 468 g/mol. The normalized spacial score (nSPS) is 14.9. The second-order valence-corrected chi connectivity index (χ2v) is 9.41. The number of nitrogens with one attached hydrogen (secondary N) is 1. The first-order valence-electron chi connectivity index (χ1n) is 8.85. The number of aliphatic hydroxyl groups excluding tert-OH is 1. The minimum Gasteiger partial charge on any atom is -0.744 e. The van der Waals surface area contributed by atoms with Gasteiger partial charge in [-0.1, -0.05) is 6.07 Å². The van der Waals surface area contributed by atoms with E-state index in [2.05, 4.69) is 10.1 Å². The van der Waals surface area contributed by atoms with Crippen LogP contribution in [0.25, 0.3) is 10.8 Å². The Labute approximate surface area is 182 Å². The van der Waals surface area contributed by atoms with Crippen molar-refractivity contribution in [1.82, 2.24) is 4.90 Å². The highest BCUT2D eigenvalue weighted by Crippen LogP contribution is 2.31. The third-order valence-corrected chi connectivity index (χ3v) is 6.36. The van der Waals surface area contributed by atoms with Crippen molar-refractivity contribution in [2.45, 2.75) is 9.79 Å². The van der Waals surface area contributed by atoms with Crippen molar-refractivity contribution in [2.24, 2.45) is 0 Å². The summed E-state index contributed by atoms with van der Waals surface area (Å²) in [5.74, 6) is -1.40. The van der Waals surface area contributed by atoms with E-state index >= 15 is 0 Å². The molecule has 0 fully saturated rings. The van der Waals surface area contributed by atoms with Crippen LogP contribution in [0.3, 0.4) is 0 Å². The Hall–Kier alpha value is -3.04. The highest BCUT2D eigenvalue weighted by atomic mass is 32.2. The second-order valence-electron chi connectivity index (χ2n) is 6.69. The maximum Gasteiger partial charge on any atom is 0.337 e. The molecular formula is C18H16N2O10S2-2. The van der Waals surface area contributed by atoms with Gasteiger partial charge in [0.15, 0.2) is 0 Å². The number of carbonyl (C=O) groups excluding carboxylic acids is 2. The molecule has 0 unspecified atom stereocenters. The largest absolute Gasteiger partial charge is 0.744 e. The van der Waals surface area contributed by atoms with Crippen LogP contribution in [-0.4, -0.2) is 74.6 Å². The molecule has 0 aromatic heterocycles. The molecule has 0 bridgehead atoms. The van der Waals surface area contributed by atoms with Crippen molar-refractivity contribution in [1.29, 1.82) is 0 Å². The molecule has 1 amide bonds. The second kappa shape index (κ2) is 8.48. The monoisotopic (exact) mass is 484 g/mol. The molecule has 0 radical (unpaired) electrons. The number of fused-ring (bicyclic) bond motifs is 1. The summed E-state index contributed by atoms with van der Waals surface area (Å²) in [5.41, 5.74) is -0.0542. The first-order chi connectivity index (χ1) is 14.9. The molecule has 0 saturated heterocycles. The van der Waals surface area contributed by atoms with Crippen molar-refractivity contribution in [3.63, 3.8) is 0 Å². The fourth-order valence-electron chi connectivity index (χ4n) is 3.23. The Morgan fingerprint density at radius 3 is 2.41 bits per heavy atom. The molecule has 2 aromatic rings. The van der Waals surface area contributed by atoms with E-state index in [1.807, 2.05) is 0 Å². The van der Waals surface area contributed by atoms with Crippen LogP contribution in [0.4, 0.5) is 5.69 Å². The predicted molar refractivity (Wildman–Crippen MR) is 106 cm³/mol. The smallest absolute Gasteiger partial charge is 0.337 e. The molecule has 2 aromatic carbocycles. The summed E-state index contributed by atoms with van der Waals surface area (Å²) in [7, 11) is -9.09. The molecule has 32 heavy (non-hydrogen) atoms. The maximum atomic E-state index is 12.6. The lowest BCUT2D eigenvalue weighted by Gasteiger charge is -2.17.